The average molecular weight is 328 g/mol. The van der Waals surface area contributed by atoms with Gasteiger partial charge in [0.25, 0.3) is 5.91 Å². The molecule has 5 heterocycles. The summed E-state index contributed by atoms with van der Waals surface area (Å²) in [5, 5.41) is 4.29. The van der Waals surface area contributed by atoms with E-state index in [4.69, 9.17) is 5.73 Å². The summed E-state index contributed by atoms with van der Waals surface area (Å²) < 4.78 is 0. The number of thiophene rings is 1. The minimum absolute atomic E-state index is 0.319. The number of pyridine rings is 1. The minimum Gasteiger partial charge on any atom is -0.365 e. The van der Waals surface area contributed by atoms with Gasteiger partial charge in [0.05, 0.1) is 21.8 Å². The van der Waals surface area contributed by atoms with Gasteiger partial charge in [-0.1, -0.05) is 0 Å². The number of hydrogen-bond acceptors (Lipinski definition) is 5. The van der Waals surface area contributed by atoms with E-state index in [-0.39, 0.29) is 5.91 Å². The molecule has 2 aromatic rings. The topological polar surface area (TPSA) is 71.2 Å². The number of aromatic nitrogens is 1. The summed E-state index contributed by atoms with van der Waals surface area (Å²) >= 11 is 1.45. The molecule has 120 valence electrons. The van der Waals surface area contributed by atoms with Crippen molar-refractivity contribution in [1.29, 1.82) is 0 Å². The standard InChI is InChI=1S/C17H20N4OS/c18-17(22)16-13(14-10-21-6-3-11(14)4-7-21)8-15(23-16)20-12-2-1-5-19-9-12/h1-2,5,8-9,11,14,20H,3-4,6-7,10H2,(H2,18,22). The summed E-state index contributed by atoms with van der Waals surface area (Å²) in [6.45, 7) is 3.43. The van der Waals surface area contributed by atoms with Crippen LogP contribution in [-0.4, -0.2) is 35.4 Å². The van der Waals surface area contributed by atoms with Crippen molar-refractivity contribution in [3.05, 3.63) is 41.0 Å². The number of nitrogens with zero attached hydrogens (tertiary/aromatic N) is 2. The van der Waals surface area contributed by atoms with Gasteiger partial charge in [0.15, 0.2) is 0 Å². The Bertz CT molecular complexity index is 707. The number of nitrogens with one attached hydrogen (secondary N) is 1. The fourth-order valence-corrected chi connectivity index (χ4v) is 4.83. The van der Waals surface area contributed by atoms with E-state index in [1.54, 1.807) is 12.4 Å². The normalized spacial score (nSPS) is 26.2. The molecule has 1 amide bonds. The summed E-state index contributed by atoms with van der Waals surface area (Å²) in [5.41, 5.74) is 7.69. The van der Waals surface area contributed by atoms with Crippen molar-refractivity contribution >= 4 is 27.9 Å². The first kappa shape index (κ1) is 14.7. The Morgan fingerprint density at radius 3 is 2.83 bits per heavy atom. The predicted octanol–water partition coefficient (Wildman–Crippen LogP) is 2.79. The summed E-state index contributed by atoms with van der Waals surface area (Å²) in [6.07, 6.45) is 5.97. The van der Waals surface area contributed by atoms with Gasteiger partial charge < -0.3 is 16.0 Å². The molecule has 6 heteroatoms. The quantitative estimate of drug-likeness (QED) is 0.905. The predicted molar refractivity (Wildman–Crippen MR) is 92.3 cm³/mol. The van der Waals surface area contributed by atoms with Crippen LogP contribution in [0.25, 0.3) is 0 Å². The number of anilines is 2. The van der Waals surface area contributed by atoms with E-state index in [1.165, 1.54) is 37.3 Å². The molecule has 2 bridgehead atoms. The van der Waals surface area contributed by atoms with Crippen molar-refractivity contribution < 1.29 is 4.79 Å². The van der Waals surface area contributed by atoms with Crippen LogP contribution < -0.4 is 11.1 Å². The van der Waals surface area contributed by atoms with Crippen LogP contribution in [0.1, 0.15) is 34.0 Å². The second-order valence-corrected chi connectivity index (χ2v) is 7.42. The fourth-order valence-electron chi connectivity index (χ4n) is 3.83. The SMILES string of the molecule is NC(=O)c1sc(Nc2cccnc2)cc1C1CN2CCC1CC2. The van der Waals surface area contributed by atoms with Crippen molar-refractivity contribution in [3.8, 4) is 0 Å². The lowest BCUT2D eigenvalue weighted by Crippen LogP contribution is -2.46. The molecule has 0 aliphatic carbocycles. The van der Waals surface area contributed by atoms with Crippen LogP contribution in [0, 0.1) is 5.92 Å². The van der Waals surface area contributed by atoms with Gasteiger partial charge in [-0.3, -0.25) is 9.78 Å². The highest BCUT2D eigenvalue weighted by Gasteiger charge is 2.37. The molecule has 5 nitrogen and oxygen atoms in total. The number of nitrogens with two attached hydrogens (primary N) is 1. The Morgan fingerprint density at radius 1 is 1.39 bits per heavy atom. The molecule has 3 aliphatic rings. The third-order valence-electron chi connectivity index (χ3n) is 4.97. The van der Waals surface area contributed by atoms with Crippen LogP contribution in [-0.2, 0) is 0 Å². The van der Waals surface area contributed by atoms with Crippen LogP contribution in [0.5, 0.6) is 0 Å². The Kier molecular flexibility index (Phi) is 3.79. The molecule has 3 N–H and O–H groups in total. The summed E-state index contributed by atoms with van der Waals surface area (Å²) in [7, 11) is 0. The zero-order valence-electron chi connectivity index (χ0n) is 12.9. The van der Waals surface area contributed by atoms with E-state index in [0.717, 1.165) is 22.8 Å². The van der Waals surface area contributed by atoms with Crippen molar-refractivity contribution in [3.63, 3.8) is 0 Å². The second-order valence-electron chi connectivity index (χ2n) is 6.37. The molecule has 1 unspecified atom stereocenters. The summed E-state index contributed by atoms with van der Waals surface area (Å²) in [6, 6.07) is 5.97. The van der Waals surface area contributed by atoms with Gasteiger partial charge >= 0.3 is 0 Å². The smallest absolute Gasteiger partial charge is 0.259 e. The number of hydrogen-bond donors (Lipinski definition) is 2. The first-order chi connectivity index (χ1) is 11.2. The van der Waals surface area contributed by atoms with Crippen LogP contribution >= 0.6 is 11.3 Å². The molecule has 23 heavy (non-hydrogen) atoms. The molecule has 3 fully saturated rings. The number of amides is 1. The zero-order chi connectivity index (χ0) is 15.8. The van der Waals surface area contributed by atoms with Gasteiger partial charge in [0.2, 0.25) is 0 Å². The highest BCUT2D eigenvalue weighted by atomic mass is 32.1. The van der Waals surface area contributed by atoms with Crippen molar-refractivity contribution in [2.45, 2.75) is 18.8 Å². The maximum atomic E-state index is 11.9. The van der Waals surface area contributed by atoms with Gasteiger partial charge in [0, 0.05) is 18.7 Å². The Hall–Kier alpha value is -1.92. The molecule has 0 radical (unpaired) electrons. The lowest BCUT2D eigenvalue weighted by Gasteiger charge is -2.45. The zero-order valence-corrected chi connectivity index (χ0v) is 13.7. The van der Waals surface area contributed by atoms with E-state index in [9.17, 15) is 4.79 Å². The second kappa shape index (κ2) is 5.94. The van der Waals surface area contributed by atoms with E-state index >= 15 is 0 Å². The van der Waals surface area contributed by atoms with Gasteiger partial charge in [-0.2, -0.15) is 0 Å². The monoisotopic (exact) mass is 328 g/mol. The molecule has 2 aromatic heterocycles. The van der Waals surface area contributed by atoms with Crippen LogP contribution in [0.2, 0.25) is 0 Å². The highest BCUT2D eigenvalue weighted by Crippen LogP contribution is 2.43. The van der Waals surface area contributed by atoms with Gasteiger partial charge in [-0.15, -0.1) is 11.3 Å². The van der Waals surface area contributed by atoms with E-state index in [0.29, 0.717) is 16.7 Å². The summed E-state index contributed by atoms with van der Waals surface area (Å²) in [5.74, 6) is 0.792. The van der Waals surface area contributed by atoms with Crippen molar-refractivity contribution in [2.24, 2.45) is 11.7 Å². The molecule has 0 spiro atoms. The minimum atomic E-state index is -0.319. The van der Waals surface area contributed by atoms with Crippen LogP contribution in [0.3, 0.4) is 0 Å². The maximum absolute atomic E-state index is 11.9. The van der Waals surface area contributed by atoms with E-state index < -0.39 is 0 Å². The van der Waals surface area contributed by atoms with E-state index in [1.807, 2.05) is 12.1 Å². The Labute approximate surface area is 139 Å². The molecular weight excluding hydrogens is 308 g/mol. The van der Waals surface area contributed by atoms with E-state index in [2.05, 4.69) is 21.3 Å². The number of rotatable bonds is 4. The number of carbonyl (C=O) groups excluding carboxylic acids is 1. The molecule has 5 rings (SSSR count). The maximum Gasteiger partial charge on any atom is 0.259 e. The molecule has 0 aromatic carbocycles. The first-order valence-corrected chi connectivity index (χ1v) is 8.85. The third-order valence-corrected chi connectivity index (χ3v) is 6.05. The molecular formula is C17H20N4OS. The molecule has 3 saturated heterocycles. The number of piperidine rings is 3. The lowest BCUT2D eigenvalue weighted by molar-refractivity contribution is 0.0859. The first-order valence-electron chi connectivity index (χ1n) is 8.03. The molecule has 0 saturated carbocycles. The number of fused-ring (bicyclic) bond motifs is 3. The molecule has 3 aliphatic heterocycles. The van der Waals surface area contributed by atoms with Crippen LogP contribution in [0.4, 0.5) is 10.7 Å². The Balaban J connectivity index is 1.65. The number of carbonyl (C=O) groups is 1. The number of primary amides is 1. The van der Waals surface area contributed by atoms with Crippen LogP contribution in [0.15, 0.2) is 30.6 Å². The third kappa shape index (κ3) is 2.84. The van der Waals surface area contributed by atoms with Crippen molar-refractivity contribution in [1.82, 2.24) is 9.88 Å². The van der Waals surface area contributed by atoms with Gasteiger partial charge in [-0.05, 0) is 55.6 Å². The fraction of sp³-hybridized carbons (Fsp3) is 0.412. The van der Waals surface area contributed by atoms with Gasteiger partial charge in [-0.25, -0.2) is 0 Å². The molecule has 1 atom stereocenters. The Morgan fingerprint density at radius 2 is 2.22 bits per heavy atom. The van der Waals surface area contributed by atoms with Crippen molar-refractivity contribution in [2.75, 3.05) is 25.0 Å². The highest BCUT2D eigenvalue weighted by molar-refractivity contribution is 7.18. The van der Waals surface area contributed by atoms with Gasteiger partial charge in [0.1, 0.15) is 0 Å². The summed E-state index contributed by atoms with van der Waals surface area (Å²) in [4.78, 5) is 19.2. The largest absolute Gasteiger partial charge is 0.365 e. The average Bonchev–Trinajstić information content (AvgIpc) is 3.01. The lowest BCUT2D eigenvalue weighted by atomic mass is 9.75.